The van der Waals surface area contributed by atoms with E-state index in [0.29, 0.717) is 13.0 Å². The van der Waals surface area contributed by atoms with Crippen LogP contribution in [0.15, 0.2) is 12.1 Å². The van der Waals surface area contributed by atoms with Gasteiger partial charge in [0.2, 0.25) is 5.91 Å². The van der Waals surface area contributed by atoms with Gasteiger partial charge in [0.15, 0.2) is 0 Å². The second-order valence-corrected chi connectivity index (χ2v) is 5.27. The Morgan fingerprint density at radius 2 is 2.05 bits per heavy atom. The Kier molecular flexibility index (Phi) is 3.60. The van der Waals surface area contributed by atoms with Crippen molar-refractivity contribution in [3.05, 3.63) is 28.8 Å². The third-order valence-electron chi connectivity index (χ3n) is 3.69. The second-order valence-electron chi connectivity index (χ2n) is 5.27. The fraction of sp³-hybridized carbons (Fsp3) is 0.467. The molecule has 0 radical (unpaired) electrons. The summed E-state index contributed by atoms with van der Waals surface area (Å²) in [7, 11) is 0. The summed E-state index contributed by atoms with van der Waals surface area (Å²) in [5, 5.41) is 9.02. The molecular weight excluding hydrogens is 242 g/mol. The van der Waals surface area contributed by atoms with Crippen LogP contribution < -0.4 is 4.90 Å². The summed E-state index contributed by atoms with van der Waals surface area (Å²) in [5.74, 6) is -0.768. The number of carboxylic acids is 1. The molecule has 4 heteroatoms. The van der Waals surface area contributed by atoms with Crippen LogP contribution in [0.2, 0.25) is 0 Å². The topological polar surface area (TPSA) is 57.6 Å². The predicted molar refractivity (Wildman–Crippen MR) is 73.6 cm³/mol. The first kappa shape index (κ1) is 13.6. The Labute approximate surface area is 113 Å². The fourth-order valence-corrected chi connectivity index (χ4v) is 2.96. The number of aliphatic carboxylic acids is 1. The highest BCUT2D eigenvalue weighted by molar-refractivity contribution is 5.94. The molecule has 0 spiro atoms. The van der Waals surface area contributed by atoms with Crippen molar-refractivity contribution in [2.75, 3.05) is 11.4 Å². The van der Waals surface area contributed by atoms with E-state index in [0.717, 1.165) is 22.4 Å². The van der Waals surface area contributed by atoms with Gasteiger partial charge in [0, 0.05) is 13.5 Å². The third kappa shape index (κ3) is 2.62. The molecule has 19 heavy (non-hydrogen) atoms. The van der Waals surface area contributed by atoms with E-state index in [1.165, 1.54) is 0 Å². The summed E-state index contributed by atoms with van der Waals surface area (Å²) in [4.78, 5) is 24.5. The van der Waals surface area contributed by atoms with Crippen molar-refractivity contribution >= 4 is 17.6 Å². The number of hydrogen-bond acceptors (Lipinski definition) is 2. The van der Waals surface area contributed by atoms with E-state index in [9.17, 15) is 9.59 Å². The molecule has 1 unspecified atom stereocenters. The molecule has 102 valence electrons. The van der Waals surface area contributed by atoms with Crippen LogP contribution >= 0.6 is 0 Å². The molecule has 1 heterocycles. The average Bonchev–Trinajstić information content (AvgIpc) is 2.28. The van der Waals surface area contributed by atoms with Crippen molar-refractivity contribution in [3.63, 3.8) is 0 Å². The Balaban J connectivity index is 2.53. The van der Waals surface area contributed by atoms with Crippen LogP contribution in [0.4, 0.5) is 5.69 Å². The van der Waals surface area contributed by atoms with Crippen LogP contribution in [0.1, 0.15) is 42.4 Å². The van der Waals surface area contributed by atoms with Gasteiger partial charge in [-0.25, -0.2) is 0 Å². The number of rotatable bonds is 2. The molecule has 1 amide bonds. The van der Waals surface area contributed by atoms with E-state index in [-0.39, 0.29) is 18.2 Å². The van der Waals surface area contributed by atoms with Crippen molar-refractivity contribution in [2.45, 2.75) is 39.5 Å². The zero-order valence-electron chi connectivity index (χ0n) is 11.6. The lowest BCUT2D eigenvalue weighted by Gasteiger charge is -2.35. The van der Waals surface area contributed by atoms with E-state index in [4.69, 9.17) is 5.11 Å². The molecule has 0 bridgehead atoms. The number of aryl methyl sites for hydroxylation is 2. The van der Waals surface area contributed by atoms with Gasteiger partial charge in [0.1, 0.15) is 0 Å². The number of anilines is 1. The van der Waals surface area contributed by atoms with Gasteiger partial charge in [-0.3, -0.25) is 9.59 Å². The Hall–Kier alpha value is -1.84. The summed E-state index contributed by atoms with van der Waals surface area (Å²) in [6.45, 7) is 6.13. The minimum absolute atomic E-state index is 0.00157. The summed E-state index contributed by atoms with van der Waals surface area (Å²) >= 11 is 0. The van der Waals surface area contributed by atoms with Crippen LogP contribution in [-0.4, -0.2) is 23.5 Å². The molecule has 1 atom stereocenters. The molecule has 2 rings (SSSR count). The minimum atomic E-state index is -0.786. The standard InChI is InChI=1S/C15H19NO3/c1-9-6-10(2)15-13(7-9)12(8-14(18)19)4-5-16(15)11(3)17/h6-7,12H,4-5,8H2,1-3H3,(H,18,19). The molecule has 1 aliphatic rings. The maximum atomic E-state index is 11.7. The van der Waals surface area contributed by atoms with E-state index >= 15 is 0 Å². The molecule has 0 fully saturated rings. The molecule has 0 saturated carbocycles. The van der Waals surface area contributed by atoms with Gasteiger partial charge < -0.3 is 10.0 Å². The molecule has 1 aliphatic heterocycles. The van der Waals surface area contributed by atoms with E-state index in [2.05, 4.69) is 0 Å². The molecule has 1 aromatic carbocycles. The summed E-state index contributed by atoms with van der Waals surface area (Å²) in [6, 6.07) is 4.06. The summed E-state index contributed by atoms with van der Waals surface area (Å²) in [5.41, 5.74) is 4.06. The highest BCUT2D eigenvalue weighted by atomic mass is 16.4. The van der Waals surface area contributed by atoms with Gasteiger partial charge >= 0.3 is 5.97 Å². The van der Waals surface area contributed by atoms with Gasteiger partial charge in [-0.15, -0.1) is 0 Å². The number of carbonyl (C=O) groups is 2. The van der Waals surface area contributed by atoms with Gasteiger partial charge in [-0.05, 0) is 37.3 Å². The second kappa shape index (κ2) is 5.03. The Morgan fingerprint density at radius 1 is 1.37 bits per heavy atom. The number of benzene rings is 1. The van der Waals surface area contributed by atoms with Crippen LogP contribution in [0, 0.1) is 13.8 Å². The predicted octanol–water partition coefficient (Wildman–Crippen LogP) is 2.62. The van der Waals surface area contributed by atoms with Crippen LogP contribution in [0.25, 0.3) is 0 Å². The van der Waals surface area contributed by atoms with E-state index < -0.39 is 5.97 Å². The largest absolute Gasteiger partial charge is 0.481 e. The SMILES string of the molecule is CC(=O)N1CCC(CC(=O)O)c2cc(C)cc(C)c21. The lowest BCUT2D eigenvalue weighted by Crippen LogP contribution is -2.36. The minimum Gasteiger partial charge on any atom is -0.481 e. The fourth-order valence-electron chi connectivity index (χ4n) is 2.96. The first-order valence-electron chi connectivity index (χ1n) is 6.51. The van der Waals surface area contributed by atoms with Gasteiger partial charge in [-0.1, -0.05) is 17.7 Å². The highest BCUT2D eigenvalue weighted by Gasteiger charge is 2.29. The van der Waals surface area contributed by atoms with Crippen molar-refractivity contribution in [3.8, 4) is 0 Å². The zero-order valence-corrected chi connectivity index (χ0v) is 11.6. The molecule has 0 saturated heterocycles. The molecular formula is C15H19NO3. The first-order chi connectivity index (χ1) is 8.90. The molecule has 0 aromatic heterocycles. The average molecular weight is 261 g/mol. The van der Waals surface area contributed by atoms with Gasteiger partial charge in [0.25, 0.3) is 0 Å². The number of fused-ring (bicyclic) bond motifs is 1. The van der Waals surface area contributed by atoms with Crippen LogP contribution in [-0.2, 0) is 9.59 Å². The van der Waals surface area contributed by atoms with Crippen LogP contribution in [0.3, 0.4) is 0 Å². The molecule has 1 aromatic rings. The number of carbonyl (C=O) groups excluding carboxylic acids is 1. The zero-order chi connectivity index (χ0) is 14.2. The lowest BCUT2D eigenvalue weighted by atomic mass is 9.85. The summed E-state index contributed by atoms with van der Waals surface area (Å²) in [6.07, 6.45) is 0.837. The number of carboxylic acid groups (broad SMARTS) is 1. The quantitative estimate of drug-likeness (QED) is 0.890. The first-order valence-corrected chi connectivity index (χ1v) is 6.51. The van der Waals surface area contributed by atoms with Crippen molar-refractivity contribution in [1.29, 1.82) is 0 Å². The van der Waals surface area contributed by atoms with E-state index in [1.54, 1.807) is 11.8 Å². The molecule has 0 aliphatic carbocycles. The maximum absolute atomic E-state index is 11.7. The van der Waals surface area contributed by atoms with Gasteiger partial charge in [0.05, 0.1) is 12.1 Å². The summed E-state index contributed by atoms with van der Waals surface area (Å²) < 4.78 is 0. The van der Waals surface area contributed by atoms with E-state index in [1.807, 2.05) is 26.0 Å². The lowest BCUT2D eigenvalue weighted by molar-refractivity contribution is -0.137. The third-order valence-corrected chi connectivity index (χ3v) is 3.69. The smallest absolute Gasteiger partial charge is 0.303 e. The normalized spacial score (nSPS) is 18.1. The van der Waals surface area contributed by atoms with Gasteiger partial charge in [-0.2, -0.15) is 0 Å². The van der Waals surface area contributed by atoms with Crippen molar-refractivity contribution in [1.82, 2.24) is 0 Å². The number of amides is 1. The Bertz CT molecular complexity index is 536. The number of nitrogens with zero attached hydrogens (tertiary/aromatic N) is 1. The molecule has 1 N–H and O–H groups in total. The monoisotopic (exact) mass is 261 g/mol. The Morgan fingerprint density at radius 3 is 2.63 bits per heavy atom. The highest BCUT2D eigenvalue weighted by Crippen LogP contribution is 2.40. The maximum Gasteiger partial charge on any atom is 0.303 e. The van der Waals surface area contributed by atoms with Crippen LogP contribution in [0.5, 0.6) is 0 Å². The molecule has 4 nitrogen and oxygen atoms in total. The number of hydrogen-bond donors (Lipinski definition) is 1. The van der Waals surface area contributed by atoms with Crippen molar-refractivity contribution in [2.24, 2.45) is 0 Å². The van der Waals surface area contributed by atoms with Crippen molar-refractivity contribution < 1.29 is 14.7 Å².